The number of hydrogen-bond acceptors (Lipinski definition) is 5. The third-order valence-electron chi connectivity index (χ3n) is 8.58. The molecule has 0 spiro atoms. The van der Waals surface area contributed by atoms with E-state index in [9.17, 15) is 4.79 Å². The molecule has 1 N–H and O–H groups in total. The minimum Gasteiger partial charge on any atom is -0.367 e. The van der Waals surface area contributed by atoms with Crippen molar-refractivity contribution in [3.05, 3.63) is 60.1 Å². The van der Waals surface area contributed by atoms with Gasteiger partial charge in [0, 0.05) is 51.4 Å². The van der Waals surface area contributed by atoms with Crippen molar-refractivity contribution in [3.63, 3.8) is 0 Å². The van der Waals surface area contributed by atoms with Gasteiger partial charge in [0.1, 0.15) is 12.5 Å². The SMILES string of the molecule is CCCCC1(CC)CCN(c2c(F)cccc2NC(=O)c2nc(-c3ccnc(C)c3)cn2COCC[Si](C)(C)C)CC1. The topological polar surface area (TPSA) is 72.3 Å². The molecule has 1 amide bonds. The lowest BCUT2D eigenvalue weighted by Gasteiger charge is -2.43. The number of pyridine rings is 1. The molecule has 7 nitrogen and oxygen atoms in total. The van der Waals surface area contributed by atoms with Crippen LogP contribution >= 0.6 is 0 Å². The van der Waals surface area contributed by atoms with Crippen LogP contribution in [0.15, 0.2) is 42.7 Å². The van der Waals surface area contributed by atoms with E-state index in [0.717, 1.165) is 49.7 Å². The second-order valence-corrected chi connectivity index (χ2v) is 18.6. The molecule has 0 unspecified atom stereocenters. The van der Waals surface area contributed by atoms with Crippen molar-refractivity contribution in [2.24, 2.45) is 5.41 Å². The van der Waals surface area contributed by atoms with Gasteiger partial charge in [0.15, 0.2) is 0 Å². The molecule has 228 valence electrons. The van der Waals surface area contributed by atoms with E-state index in [-0.39, 0.29) is 18.4 Å². The fourth-order valence-corrected chi connectivity index (χ4v) is 6.49. The highest BCUT2D eigenvalue weighted by atomic mass is 28.3. The number of aryl methyl sites for hydroxylation is 1. The number of carbonyl (C=O) groups is 1. The van der Waals surface area contributed by atoms with Crippen molar-refractivity contribution in [3.8, 4) is 11.3 Å². The van der Waals surface area contributed by atoms with Crippen molar-refractivity contribution >= 4 is 25.4 Å². The molecule has 1 aromatic carbocycles. The van der Waals surface area contributed by atoms with Crippen LogP contribution < -0.4 is 10.2 Å². The molecule has 1 aliphatic rings. The highest BCUT2D eigenvalue weighted by molar-refractivity contribution is 6.76. The molecule has 42 heavy (non-hydrogen) atoms. The summed E-state index contributed by atoms with van der Waals surface area (Å²) in [7, 11) is -1.26. The van der Waals surface area contributed by atoms with Gasteiger partial charge in [-0.15, -0.1) is 0 Å². The van der Waals surface area contributed by atoms with E-state index < -0.39 is 14.0 Å². The maximum atomic E-state index is 15.4. The van der Waals surface area contributed by atoms with Gasteiger partial charge in [-0.25, -0.2) is 9.37 Å². The summed E-state index contributed by atoms with van der Waals surface area (Å²) >= 11 is 0. The number of ether oxygens (including phenoxy) is 1. The van der Waals surface area contributed by atoms with Gasteiger partial charge in [-0.1, -0.05) is 58.8 Å². The van der Waals surface area contributed by atoms with Gasteiger partial charge >= 0.3 is 0 Å². The number of anilines is 2. The smallest absolute Gasteiger partial charge is 0.291 e. The van der Waals surface area contributed by atoms with Crippen LogP contribution in [0.3, 0.4) is 0 Å². The van der Waals surface area contributed by atoms with Crippen molar-refractivity contribution < 1.29 is 13.9 Å². The third-order valence-corrected chi connectivity index (χ3v) is 10.3. The summed E-state index contributed by atoms with van der Waals surface area (Å²) in [6.07, 6.45) is 10.4. The van der Waals surface area contributed by atoms with Gasteiger partial charge in [0.05, 0.1) is 17.1 Å². The molecule has 1 saturated heterocycles. The molecular formula is C33H48FN5O2Si. The second-order valence-electron chi connectivity index (χ2n) is 13.0. The highest BCUT2D eigenvalue weighted by Gasteiger charge is 2.34. The van der Waals surface area contributed by atoms with Crippen molar-refractivity contribution in [2.75, 3.05) is 29.9 Å². The number of halogens is 1. The number of nitrogens with one attached hydrogen (secondary N) is 1. The Morgan fingerprint density at radius 3 is 2.60 bits per heavy atom. The molecule has 3 aromatic rings. The molecule has 0 aliphatic carbocycles. The van der Waals surface area contributed by atoms with Gasteiger partial charge in [-0.3, -0.25) is 9.78 Å². The number of rotatable bonds is 13. The van der Waals surface area contributed by atoms with Crippen LogP contribution in [0, 0.1) is 18.2 Å². The summed E-state index contributed by atoms with van der Waals surface area (Å²) in [5, 5.41) is 3.00. The molecule has 1 fully saturated rings. The third kappa shape index (κ3) is 8.07. The molecule has 9 heteroatoms. The number of unbranched alkanes of at least 4 members (excludes halogenated alkanes) is 1. The normalized spacial score (nSPS) is 15.2. The summed E-state index contributed by atoms with van der Waals surface area (Å²) in [6.45, 7) is 15.7. The lowest BCUT2D eigenvalue weighted by atomic mass is 9.72. The van der Waals surface area contributed by atoms with Crippen LogP contribution in [0.1, 0.15) is 68.7 Å². The Morgan fingerprint density at radius 1 is 1.17 bits per heavy atom. The maximum Gasteiger partial charge on any atom is 0.291 e. The summed E-state index contributed by atoms with van der Waals surface area (Å²) < 4.78 is 23.1. The number of imidazole rings is 1. The first-order chi connectivity index (χ1) is 20.0. The van der Waals surface area contributed by atoms with Gasteiger partial charge in [0.2, 0.25) is 5.82 Å². The number of nitrogens with zero attached hydrogens (tertiary/aromatic N) is 4. The first-order valence-corrected chi connectivity index (χ1v) is 19.2. The van der Waals surface area contributed by atoms with Crippen LogP contribution in [-0.2, 0) is 11.5 Å². The monoisotopic (exact) mass is 593 g/mol. The van der Waals surface area contributed by atoms with E-state index in [1.165, 1.54) is 25.3 Å². The van der Waals surface area contributed by atoms with E-state index in [0.29, 0.717) is 29.1 Å². The van der Waals surface area contributed by atoms with E-state index in [2.05, 4.69) is 48.7 Å². The molecule has 3 heterocycles. The predicted octanol–water partition coefficient (Wildman–Crippen LogP) is 8.14. The van der Waals surface area contributed by atoms with Crippen molar-refractivity contribution in [1.29, 1.82) is 0 Å². The molecule has 1 aliphatic heterocycles. The van der Waals surface area contributed by atoms with Gasteiger partial charge in [0.25, 0.3) is 5.91 Å². The van der Waals surface area contributed by atoms with Crippen molar-refractivity contribution in [2.45, 2.75) is 91.7 Å². The molecular weight excluding hydrogens is 545 g/mol. The molecule has 2 aromatic heterocycles. The fraction of sp³-hybridized carbons (Fsp3) is 0.545. The van der Waals surface area contributed by atoms with Crippen LogP contribution in [0.5, 0.6) is 0 Å². The average Bonchev–Trinajstić information content (AvgIpc) is 3.39. The van der Waals surface area contributed by atoms with Crippen molar-refractivity contribution in [1.82, 2.24) is 14.5 Å². The average molecular weight is 594 g/mol. The first-order valence-electron chi connectivity index (χ1n) is 15.5. The highest BCUT2D eigenvalue weighted by Crippen LogP contribution is 2.42. The minimum atomic E-state index is -1.26. The fourth-order valence-electron chi connectivity index (χ4n) is 5.73. The number of benzene rings is 1. The van der Waals surface area contributed by atoms with E-state index in [1.54, 1.807) is 22.9 Å². The Balaban J connectivity index is 1.57. The molecule has 0 radical (unpaired) electrons. The van der Waals surface area contributed by atoms with Crippen LogP contribution in [0.4, 0.5) is 15.8 Å². The maximum absolute atomic E-state index is 15.4. The zero-order chi connectivity index (χ0) is 30.3. The van der Waals surface area contributed by atoms with Crippen LogP contribution in [-0.4, -0.2) is 48.2 Å². The summed E-state index contributed by atoms with van der Waals surface area (Å²) in [5.41, 5.74) is 3.65. The molecule has 0 bridgehead atoms. The van der Waals surface area contributed by atoms with Gasteiger partial charge in [-0.05, 0) is 61.9 Å². The number of piperidine rings is 1. The first kappa shape index (κ1) is 31.9. The minimum absolute atomic E-state index is 0.212. The van der Waals surface area contributed by atoms with Crippen LogP contribution in [0.2, 0.25) is 25.7 Å². The standard InChI is InChI=1S/C33H48FN5O2Si/c1-7-9-14-33(8-2)15-18-38(19-16-33)30-27(34)11-10-12-28(30)37-32(40)31-36-29(26-13-17-35-25(3)22-26)23-39(31)24-41-20-21-42(4,5)6/h10-13,17,22-23H,7-9,14-16,18-21,24H2,1-6H3,(H,37,40). The largest absolute Gasteiger partial charge is 0.367 e. The van der Waals surface area contributed by atoms with Gasteiger partial charge in [-0.2, -0.15) is 0 Å². The van der Waals surface area contributed by atoms with Crippen LogP contribution in [0.25, 0.3) is 11.3 Å². The molecule has 4 rings (SSSR count). The van der Waals surface area contributed by atoms with E-state index in [4.69, 9.17) is 9.72 Å². The summed E-state index contributed by atoms with van der Waals surface area (Å²) in [6, 6.07) is 9.75. The Kier molecular flexibility index (Phi) is 10.6. The number of hydrogen-bond donors (Lipinski definition) is 1. The number of amides is 1. The quantitative estimate of drug-likeness (QED) is 0.160. The number of aromatic nitrogens is 3. The Morgan fingerprint density at radius 2 is 1.93 bits per heavy atom. The Hall–Kier alpha value is -3.04. The lowest BCUT2D eigenvalue weighted by Crippen LogP contribution is -2.40. The summed E-state index contributed by atoms with van der Waals surface area (Å²) in [5.74, 6) is -0.488. The zero-order valence-electron chi connectivity index (χ0n) is 26.3. The molecule has 0 saturated carbocycles. The number of para-hydroxylation sites is 1. The van der Waals surface area contributed by atoms with E-state index >= 15 is 4.39 Å². The lowest BCUT2D eigenvalue weighted by molar-refractivity contribution is 0.0809. The predicted molar refractivity (Wildman–Crippen MR) is 172 cm³/mol. The zero-order valence-corrected chi connectivity index (χ0v) is 27.3. The Bertz CT molecular complexity index is 1340. The Labute approximate surface area is 251 Å². The van der Waals surface area contributed by atoms with Gasteiger partial charge < -0.3 is 19.5 Å². The van der Waals surface area contributed by atoms with E-state index in [1.807, 2.05) is 25.3 Å². The summed E-state index contributed by atoms with van der Waals surface area (Å²) in [4.78, 5) is 24.9. The molecule has 0 atom stereocenters. The second kappa shape index (κ2) is 14.0. The number of carbonyl (C=O) groups excluding carboxylic acids is 1.